The smallest absolute Gasteiger partial charge is 0.493 e. The summed E-state index contributed by atoms with van der Waals surface area (Å²) in [7, 11) is 1.51. The first kappa shape index (κ1) is 15.0. The molecule has 6 heteroatoms. The van der Waals surface area contributed by atoms with E-state index in [-0.39, 0.29) is 12.4 Å². The Morgan fingerprint density at radius 1 is 1.05 bits per heavy atom. The molecule has 2 aromatic carbocycles. The first-order valence-corrected chi connectivity index (χ1v) is 5.99. The van der Waals surface area contributed by atoms with Crippen LogP contribution >= 0.6 is 0 Å². The van der Waals surface area contributed by atoms with Crippen molar-refractivity contribution in [3.05, 3.63) is 54.1 Å². The minimum Gasteiger partial charge on any atom is -0.493 e. The first-order valence-electron chi connectivity index (χ1n) is 5.99. The van der Waals surface area contributed by atoms with Crippen molar-refractivity contribution in [1.29, 1.82) is 0 Å². The molecule has 0 N–H and O–H groups in total. The lowest BCUT2D eigenvalue weighted by Gasteiger charge is -2.11. The minimum atomic E-state index is -4.69. The van der Waals surface area contributed by atoms with Gasteiger partial charge in [-0.3, -0.25) is 0 Å². The van der Waals surface area contributed by atoms with Crippen LogP contribution in [0, 0.1) is 6.07 Å². The second-order valence-electron chi connectivity index (χ2n) is 4.06. The fourth-order valence-corrected chi connectivity index (χ4v) is 1.63. The van der Waals surface area contributed by atoms with Crippen molar-refractivity contribution in [1.82, 2.24) is 0 Å². The Morgan fingerprint density at radius 2 is 1.76 bits per heavy atom. The van der Waals surface area contributed by atoms with Gasteiger partial charge in [-0.15, -0.1) is 13.2 Å². The molecule has 111 valence electrons. The van der Waals surface area contributed by atoms with E-state index in [9.17, 15) is 13.2 Å². The number of benzene rings is 2. The third-order valence-corrected chi connectivity index (χ3v) is 2.56. The summed E-state index contributed by atoms with van der Waals surface area (Å²) in [4.78, 5) is 0. The molecule has 3 nitrogen and oxygen atoms in total. The summed E-state index contributed by atoms with van der Waals surface area (Å²) >= 11 is 0. The van der Waals surface area contributed by atoms with Gasteiger partial charge in [-0.25, -0.2) is 0 Å². The number of methoxy groups -OCH3 is 1. The van der Waals surface area contributed by atoms with E-state index in [0.717, 1.165) is 0 Å². The lowest BCUT2D eigenvalue weighted by atomic mass is 10.2. The van der Waals surface area contributed by atoms with Gasteiger partial charge in [0.15, 0.2) is 11.5 Å². The number of rotatable bonds is 5. The molecule has 0 aromatic heterocycles. The summed E-state index contributed by atoms with van der Waals surface area (Å²) in [5, 5.41) is 0. The molecule has 0 aliphatic heterocycles. The second-order valence-corrected chi connectivity index (χ2v) is 4.06. The van der Waals surface area contributed by atoms with Crippen LogP contribution in [0.15, 0.2) is 42.5 Å². The van der Waals surface area contributed by atoms with Crippen molar-refractivity contribution in [2.24, 2.45) is 0 Å². The van der Waals surface area contributed by atoms with Crippen LogP contribution in [-0.2, 0) is 6.61 Å². The normalized spacial score (nSPS) is 11.0. The van der Waals surface area contributed by atoms with Crippen LogP contribution in [0.1, 0.15) is 5.56 Å². The van der Waals surface area contributed by atoms with Crippen LogP contribution in [-0.4, -0.2) is 13.5 Å². The molecule has 2 rings (SSSR count). The zero-order valence-electron chi connectivity index (χ0n) is 11.1. The van der Waals surface area contributed by atoms with Gasteiger partial charge in [0.05, 0.1) is 7.11 Å². The van der Waals surface area contributed by atoms with Crippen molar-refractivity contribution in [3.8, 4) is 17.2 Å². The fraction of sp³-hybridized carbons (Fsp3) is 0.200. The van der Waals surface area contributed by atoms with E-state index in [0.29, 0.717) is 17.1 Å². The van der Waals surface area contributed by atoms with Crippen LogP contribution in [0.25, 0.3) is 0 Å². The molecule has 2 aromatic rings. The van der Waals surface area contributed by atoms with Crippen LogP contribution in [0.4, 0.5) is 13.2 Å². The molecule has 0 aliphatic carbocycles. The van der Waals surface area contributed by atoms with E-state index in [1.54, 1.807) is 18.2 Å². The maximum atomic E-state index is 12.0. The molecule has 0 fully saturated rings. The molecular formula is C15H12F3O3. The van der Waals surface area contributed by atoms with Crippen LogP contribution in [0.5, 0.6) is 17.2 Å². The van der Waals surface area contributed by atoms with Gasteiger partial charge in [-0.05, 0) is 35.9 Å². The third-order valence-electron chi connectivity index (χ3n) is 2.56. The van der Waals surface area contributed by atoms with Gasteiger partial charge in [0.25, 0.3) is 0 Å². The highest BCUT2D eigenvalue weighted by atomic mass is 19.4. The first-order chi connectivity index (χ1) is 9.98. The summed E-state index contributed by atoms with van der Waals surface area (Å²) in [5.41, 5.74) is 0.708. The summed E-state index contributed by atoms with van der Waals surface area (Å²) in [5.74, 6) is 0.805. The standard InChI is InChI=1S/C15H12F3O3/c1-19-13-4-2-3-5-14(13)20-10-11-6-8-12(9-7-11)21-15(16,17)18/h3-9H,10H2,1H3. The molecule has 0 heterocycles. The molecule has 21 heavy (non-hydrogen) atoms. The van der Waals surface area contributed by atoms with Crippen molar-refractivity contribution >= 4 is 0 Å². The quantitative estimate of drug-likeness (QED) is 0.835. The van der Waals surface area contributed by atoms with E-state index < -0.39 is 6.36 Å². The number of hydrogen-bond acceptors (Lipinski definition) is 3. The van der Waals surface area contributed by atoms with Crippen LogP contribution < -0.4 is 14.2 Å². The zero-order chi connectivity index (χ0) is 15.3. The van der Waals surface area contributed by atoms with Crippen LogP contribution in [0.3, 0.4) is 0 Å². The fourth-order valence-electron chi connectivity index (χ4n) is 1.63. The largest absolute Gasteiger partial charge is 0.573 e. The van der Waals surface area contributed by atoms with Gasteiger partial charge in [0, 0.05) is 0 Å². The number of ether oxygens (including phenoxy) is 3. The maximum absolute atomic E-state index is 12.0. The monoisotopic (exact) mass is 297 g/mol. The van der Waals surface area contributed by atoms with E-state index in [4.69, 9.17) is 9.47 Å². The molecule has 0 saturated carbocycles. The third kappa shape index (κ3) is 4.59. The molecule has 0 spiro atoms. The lowest BCUT2D eigenvalue weighted by Crippen LogP contribution is -2.17. The molecule has 0 saturated heterocycles. The number of alkyl halides is 3. The maximum Gasteiger partial charge on any atom is 0.573 e. The van der Waals surface area contributed by atoms with E-state index in [2.05, 4.69) is 10.8 Å². The van der Waals surface area contributed by atoms with Crippen molar-refractivity contribution in [2.75, 3.05) is 7.11 Å². The van der Waals surface area contributed by atoms with Gasteiger partial charge < -0.3 is 14.2 Å². The number of hydrogen-bond donors (Lipinski definition) is 0. The van der Waals surface area contributed by atoms with E-state index >= 15 is 0 Å². The Hall–Kier alpha value is -2.37. The topological polar surface area (TPSA) is 27.7 Å². The highest BCUT2D eigenvalue weighted by Gasteiger charge is 2.30. The van der Waals surface area contributed by atoms with Gasteiger partial charge in [-0.2, -0.15) is 0 Å². The van der Waals surface area contributed by atoms with Gasteiger partial charge in [0.2, 0.25) is 0 Å². The lowest BCUT2D eigenvalue weighted by molar-refractivity contribution is -0.274. The molecule has 1 radical (unpaired) electrons. The molecule has 0 atom stereocenters. The summed E-state index contributed by atoms with van der Waals surface area (Å²) in [6.45, 7) is 0.201. The van der Waals surface area contributed by atoms with Crippen molar-refractivity contribution in [2.45, 2.75) is 13.0 Å². The Bertz CT molecular complexity index is 579. The predicted octanol–water partition coefficient (Wildman–Crippen LogP) is 3.97. The Morgan fingerprint density at radius 3 is 2.38 bits per heavy atom. The average Bonchev–Trinajstić information content (AvgIpc) is 2.45. The zero-order valence-corrected chi connectivity index (χ0v) is 11.1. The van der Waals surface area contributed by atoms with Crippen molar-refractivity contribution < 1.29 is 27.4 Å². The predicted molar refractivity (Wildman–Crippen MR) is 69.3 cm³/mol. The van der Waals surface area contributed by atoms with Crippen LogP contribution in [0.2, 0.25) is 0 Å². The molecular weight excluding hydrogens is 285 g/mol. The van der Waals surface area contributed by atoms with Gasteiger partial charge >= 0.3 is 6.36 Å². The molecule has 0 amide bonds. The second kappa shape index (κ2) is 6.39. The van der Waals surface area contributed by atoms with E-state index in [1.165, 1.54) is 31.4 Å². The Labute approximate surface area is 119 Å². The Balaban J connectivity index is 1.98. The average molecular weight is 297 g/mol. The molecule has 0 unspecified atom stereocenters. The van der Waals surface area contributed by atoms with Gasteiger partial charge in [-0.1, -0.05) is 18.2 Å². The minimum absolute atomic E-state index is 0.201. The summed E-state index contributed by atoms with van der Waals surface area (Å²) < 4.78 is 50.5. The highest BCUT2D eigenvalue weighted by molar-refractivity contribution is 5.39. The molecule has 0 aliphatic rings. The van der Waals surface area contributed by atoms with E-state index in [1.807, 2.05) is 0 Å². The molecule has 0 bridgehead atoms. The van der Waals surface area contributed by atoms with Gasteiger partial charge in [0.1, 0.15) is 12.4 Å². The summed E-state index contributed by atoms with van der Waals surface area (Å²) in [6, 6.07) is 13.3. The summed E-state index contributed by atoms with van der Waals surface area (Å²) in [6.07, 6.45) is -4.69. The SMILES string of the molecule is COc1c[c]ccc1OCc1ccc(OC(F)(F)F)cc1. The number of halogens is 3. The Kier molecular flexibility index (Phi) is 4.57. The highest BCUT2D eigenvalue weighted by Crippen LogP contribution is 2.27. The van der Waals surface area contributed by atoms with Crippen molar-refractivity contribution in [3.63, 3.8) is 0 Å².